The van der Waals surface area contributed by atoms with Crippen LogP contribution in [0.2, 0.25) is 0 Å². The number of nitrogens with one attached hydrogen (secondary N) is 3. The highest BCUT2D eigenvalue weighted by atomic mass is 16.1. The van der Waals surface area contributed by atoms with Gasteiger partial charge < -0.3 is 16.0 Å². The average Bonchev–Trinajstić information content (AvgIpc) is 3.02. The topological polar surface area (TPSA) is 96.2 Å². The fourth-order valence-corrected chi connectivity index (χ4v) is 3.06. The third kappa shape index (κ3) is 7.11. The summed E-state index contributed by atoms with van der Waals surface area (Å²) >= 11 is 0. The SMILES string of the molecule is CCNC(=NCc1ncnn1C)NCCNC(=O)CC1CCCCC1. The number of hydrogen-bond donors (Lipinski definition) is 3. The molecule has 0 unspecified atom stereocenters. The molecule has 25 heavy (non-hydrogen) atoms. The zero-order chi connectivity index (χ0) is 17.9. The Morgan fingerprint density at radius 2 is 2.00 bits per heavy atom. The quantitative estimate of drug-likeness (QED) is 0.369. The second kappa shape index (κ2) is 10.7. The highest BCUT2D eigenvalue weighted by molar-refractivity contribution is 5.80. The monoisotopic (exact) mass is 349 g/mol. The van der Waals surface area contributed by atoms with Crippen LogP contribution in [0.3, 0.4) is 0 Å². The molecule has 140 valence electrons. The van der Waals surface area contributed by atoms with Gasteiger partial charge in [-0.3, -0.25) is 9.48 Å². The van der Waals surface area contributed by atoms with Crippen molar-refractivity contribution < 1.29 is 4.79 Å². The molecule has 8 heteroatoms. The van der Waals surface area contributed by atoms with Crippen molar-refractivity contribution in [3.05, 3.63) is 12.2 Å². The average molecular weight is 349 g/mol. The van der Waals surface area contributed by atoms with Crippen LogP contribution in [0.1, 0.15) is 51.3 Å². The molecule has 0 aromatic carbocycles. The predicted octanol–water partition coefficient (Wildman–Crippen LogP) is 0.957. The van der Waals surface area contributed by atoms with Crippen LogP contribution >= 0.6 is 0 Å². The van der Waals surface area contributed by atoms with Crippen molar-refractivity contribution in [2.24, 2.45) is 18.0 Å². The summed E-state index contributed by atoms with van der Waals surface area (Å²) in [5.41, 5.74) is 0. The van der Waals surface area contributed by atoms with Gasteiger partial charge in [0.25, 0.3) is 0 Å². The van der Waals surface area contributed by atoms with E-state index in [2.05, 4.69) is 31.0 Å². The van der Waals surface area contributed by atoms with Crippen molar-refractivity contribution >= 4 is 11.9 Å². The summed E-state index contributed by atoms with van der Waals surface area (Å²) in [4.78, 5) is 20.6. The van der Waals surface area contributed by atoms with Gasteiger partial charge >= 0.3 is 0 Å². The number of aryl methyl sites for hydroxylation is 1. The van der Waals surface area contributed by atoms with Crippen molar-refractivity contribution in [1.29, 1.82) is 0 Å². The number of amides is 1. The Balaban J connectivity index is 1.66. The van der Waals surface area contributed by atoms with E-state index in [1.165, 1.54) is 38.4 Å². The van der Waals surface area contributed by atoms with E-state index >= 15 is 0 Å². The number of carbonyl (C=O) groups is 1. The minimum absolute atomic E-state index is 0.162. The van der Waals surface area contributed by atoms with E-state index in [0.29, 0.717) is 37.9 Å². The van der Waals surface area contributed by atoms with Crippen molar-refractivity contribution in [1.82, 2.24) is 30.7 Å². The summed E-state index contributed by atoms with van der Waals surface area (Å²) < 4.78 is 1.71. The number of aliphatic imine (C=N–C) groups is 1. The fourth-order valence-electron chi connectivity index (χ4n) is 3.06. The highest BCUT2D eigenvalue weighted by Crippen LogP contribution is 2.25. The van der Waals surface area contributed by atoms with E-state index in [4.69, 9.17) is 0 Å². The molecular formula is C17H31N7O. The first-order valence-corrected chi connectivity index (χ1v) is 9.30. The molecule has 1 saturated carbocycles. The van der Waals surface area contributed by atoms with E-state index < -0.39 is 0 Å². The summed E-state index contributed by atoms with van der Waals surface area (Å²) in [6.45, 7) is 4.49. The lowest BCUT2D eigenvalue weighted by atomic mass is 9.87. The van der Waals surface area contributed by atoms with Crippen LogP contribution in [0.15, 0.2) is 11.3 Å². The Morgan fingerprint density at radius 3 is 2.68 bits per heavy atom. The molecule has 0 atom stereocenters. The van der Waals surface area contributed by atoms with Crippen LogP contribution in [0.25, 0.3) is 0 Å². The number of guanidine groups is 1. The van der Waals surface area contributed by atoms with Gasteiger partial charge in [0.1, 0.15) is 18.7 Å². The summed E-state index contributed by atoms with van der Waals surface area (Å²) in [7, 11) is 1.85. The van der Waals surface area contributed by atoms with E-state index in [1.807, 2.05) is 14.0 Å². The summed E-state index contributed by atoms with van der Waals surface area (Å²) in [5, 5.41) is 13.4. The van der Waals surface area contributed by atoms with E-state index in [9.17, 15) is 4.79 Å². The van der Waals surface area contributed by atoms with Crippen LogP contribution in [0.4, 0.5) is 0 Å². The number of hydrogen-bond acceptors (Lipinski definition) is 4. The van der Waals surface area contributed by atoms with Gasteiger partial charge in [0, 0.05) is 33.1 Å². The van der Waals surface area contributed by atoms with Crippen LogP contribution < -0.4 is 16.0 Å². The highest BCUT2D eigenvalue weighted by Gasteiger charge is 2.16. The van der Waals surface area contributed by atoms with Crippen molar-refractivity contribution in [2.75, 3.05) is 19.6 Å². The maximum Gasteiger partial charge on any atom is 0.220 e. The lowest BCUT2D eigenvalue weighted by Gasteiger charge is -2.20. The molecule has 0 radical (unpaired) electrons. The lowest BCUT2D eigenvalue weighted by molar-refractivity contribution is -0.122. The molecule has 8 nitrogen and oxygen atoms in total. The van der Waals surface area contributed by atoms with Gasteiger partial charge in [0.05, 0.1) is 0 Å². The molecular weight excluding hydrogens is 318 g/mol. The van der Waals surface area contributed by atoms with Crippen molar-refractivity contribution in [2.45, 2.75) is 52.0 Å². The van der Waals surface area contributed by atoms with E-state index in [0.717, 1.165) is 12.4 Å². The second-order valence-corrected chi connectivity index (χ2v) is 6.48. The zero-order valence-electron chi connectivity index (χ0n) is 15.4. The smallest absolute Gasteiger partial charge is 0.220 e. The molecule has 1 heterocycles. The zero-order valence-corrected chi connectivity index (χ0v) is 15.4. The van der Waals surface area contributed by atoms with Gasteiger partial charge in [0.15, 0.2) is 5.96 Å². The fraction of sp³-hybridized carbons (Fsp3) is 0.765. The third-order valence-electron chi connectivity index (χ3n) is 4.47. The van der Waals surface area contributed by atoms with Crippen molar-refractivity contribution in [3.8, 4) is 0 Å². The largest absolute Gasteiger partial charge is 0.357 e. The van der Waals surface area contributed by atoms with E-state index in [1.54, 1.807) is 4.68 Å². The molecule has 1 aliphatic rings. The first-order valence-electron chi connectivity index (χ1n) is 9.30. The maximum absolute atomic E-state index is 12.0. The molecule has 0 saturated heterocycles. The molecule has 1 amide bonds. The van der Waals surface area contributed by atoms with Crippen LogP contribution in [-0.2, 0) is 18.4 Å². The van der Waals surface area contributed by atoms with Gasteiger partial charge in [-0.05, 0) is 25.7 Å². The lowest BCUT2D eigenvalue weighted by Crippen LogP contribution is -2.41. The molecule has 3 N–H and O–H groups in total. The Hall–Kier alpha value is -2.12. The van der Waals surface area contributed by atoms with Gasteiger partial charge in [-0.15, -0.1) is 0 Å². The Morgan fingerprint density at radius 1 is 1.24 bits per heavy atom. The molecule has 0 aliphatic heterocycles. The Bertz CT molecular complexity index is 549. The predicted molar refractivity (Wildman–Crippen MR) is 98.0 cm³/mol. The molecule has 1 aromatic rings. The van der Waals surface area contributed by atoms with Gasteiger partial charge in [-0.25, -0.2) is 9.98 Å². The molecule has 0 spiro atoms. The van der Waals surface area contributed by atoms with Gasteiger partial charge in [-0.2, -0.15) is 5.10 Å². The standard InChI is InChI=1S/C17H31N7O/c1-3-18-17(21-12-15-22-13-23-24(15)2)20-10-9-19-16(25)11-14-7-5-4-6-8-14/h13-14H,3-12H2,1-2H3,(H,19,25)(H2,18,20,21). The van der Waals surface area contributed by atoms with Gasteiger partial charge in [-0.1, -0.05) is 19.3 Å². The summed E-state index contributed by atoms with van der Waals surface area (Å²) in [5.74, 6) is 2.26. The number of nitrogens with zero attached hydrogens (tertiary/aromatic N) is 4. The first kappa shape index (κ1) is 19.2. The molecule has 1 aromatic heterocycles. The Kier molecular flexibility index (Phi) is 8.21. The minimum Gasteiger partial charge on any atom is -0.357 e. The first-order chi connectivity index (χ1) is 12.2. The molecule has 0 bridgehead atoms. The molecule has 1 aliphatic carbocycles. The van der Waals surface area contributed by atoms with Crippen LogP contribution in [-0.4, -0.2) is 46.3 Å². The number of carbonyl (C=O) groups excluding carboxylic acids is 1. The number of aromatic nitrogens is 3. The third-order valence-corrected chi connectivity index (χ3v) is 4.47. The normalized spacial score (nSPS) is 15.8. The van der Waals surface area contributed by atoms with E-state index in [-0.39, 0.29) is 5.91 Å². The molecule has 1 fully saturated rings. The Labute approximate surface area is 149 Å². The number of rotatable bonds is 8. The summed E-state index contributed by atoms with van der Waals surface area (Å²) in [6.07, 6.45) is 8.45. The molecule has 2 rings (SSSR count). The van der Waals surface area contributed by atoms with Crippen molar-refractivity contribution in [3.63, 3.8) is 0 Å². The summed E-state index contributed by atoms with van der Waals surface area (Å²) in [6, 6.07) is 0. The maximum atomic E-state index is 12.0. The van der Waals surface area contributed by atoms with Crippen LogP contribution in [0, 0.1) is 5.92 Å². The second-order valence-electron chi connectivity index (χ2n) is 6.48. The van der Waals surface area contributed by atoms with Gasteiger partial charge in [0.2, 0.25) is 5.91 Å². The minimum atomic E-state index is 0.162. The van der Waals surface area contributed by atoms with Crippen LogP contribution in [0.5, 0.6) is 0 Å².